The number of fused-ring (bicyclic) bond motifs is 1. The molecule has 1 heterocycles. The lowest BCUT2D eigenvalue weighted by Gasteiger charge is -2.04. The van der Waals surface area contributed by atoms with E-state index < -0.39 is 0 Å². The quantitative estimate of drug-likeness (QED) is 0.435. The lowest BCUT2D eigenvalue weighted by molar-refractivity contribution is 0.308. The van der Waals surface area contributed by atoms with E-state index in [-0.39, 0.29) is 17.3 Å². The Morgan fingerprint density at radius 2 is 1.82 bits per heavy atom. The maximum atomic E-state index is 5.78. The van der Waals surface area contributed by atoms with E-state index in [2.05, 4.69) is 25.1 Å². The van der Waals surface area contributed by atoms with E-state index >= 15 is 0 Å². The molecule has 22 heavy (non-hydrogen) atoms. The molecule has 0 saturated carbocycles. The molecule has 0 atom stereocenters. The van der Waals surface area contributed by atoms with Gasteiger partial charge in [-0.15, -0.1) is 5.10 Å². The molecule has 2 aromatic carbocycles. The molecule has 0 saturated heterocycles. The van der Waals surface area contributed by atoms with E-state index in [1.807, 2.05) is 49.4 Å². The number of nitrogens with zero attached hydrogens (tertiary/aromatic N) is 4. The Bertz CT molecular complexity index is 875. The Balaban J connectivity index is 1.99. The smallest absolute Gasteiger partial charge is 0.199 e. The van der Waals surface area contributed by atoms with E-state index in [0.29, 0.717) is 0 Å². The summed E-state index contributed by atoms with van der Waals surface area (Å²) in [5.41, 5.74) is 13.2. The maximum absolute atomic E-state index is 5.78. The number of aromatic nitrogens is 2. The second-order valence-corrected chi connectivity index (χ2v) is 4.70. The van der Waals surface area contributed by atoms with Gasteiger partial charge in [-0.1, -0.05) is 42.5 Å². The SMILES string of the molecule is C/C(=N/N=C(\N)c1nonc1N)c1cccc2ccccc12. The van der Waals surface area contributed by atoms with Crippen LogP contribution in [-0.2, 0) is 0 Å². The van der Waals surface area contributed by atoms with Crippen molar-refractivity contribution in [3.63, 3.8) is 0 Å². The lowest BCUT2D eigenvalue weighted by Crippen LogP contribution is -2.15. The van der Waals surface area contributed by atoms with Crippen molar-refractivity contribution in [2.75, 3.05) is 5.73 Å². The van der Waals surface area contributed by atoms with Gasteiger partial charge in [-0.05, 0) is 28.0 Å². The predicted molar refractivity (Wildman–Crippen MR) is 85.6 cm³/mol. The third-order valence-electron chi connectivity index (χ3n) is 3.24. The van der Waals surface area contributed by atoms with E-state index in [0.717, 1.165) is 22.0 Å². The van der Waals surface area contributed by atoms with Gasteiger partial charge in [-0.25, -0.2) is 4.63 Å². The van der Waals surface area contributed by atoms with Crippen LogP contribution in [0, 0.1) is 0 Å². The first-order valence-corrected chi connectivity index (χ1v) is 6.61. The first kappa shape index (κ1) is 13.7. The molecule has 3 aromatic rings. The molecule has 0 aliphatic carbocycles. The summed E-state index contributed by atoms with van der Waals surface area (Å²) in [6.07, 6.45) is 0. The van der Waals surface area contributed by atoms with Crippen LogP contribution in [0.15, 0.2) is 57.3 Å². The standard InChI is InChI=1S/C15H14N6O/c1-9(18-19-14(16)13-15(17)21-22-20-13)11-8-4-6-10-5-2-3-7-12(10)11/h2-8H,1H3,(H2,16,19)(H2,17,21)/b18-9-. The van der Waals surface area contributed by atoms with Crippen molar-refractivity contribution >= 4 is 28.1 Å². The highest BCUT2D eigenvalue weighted by Gasteiger charge is 2.10. The summed E-state index contributed by atoms with van der Waals surface area (Å²) < 4.78 is 4.48. The molecule has 7 heteroatoms. The Morgan fingerprint density at radius 3 is 2.59 bits per heavy atom. The zero-order chi connectivity index (χ0) is 15.5. The first-order valence-electron chi connectivity index (χ1n) is 6.61. The highest BCUT2D eigenvalue weighted by Crippen LogP contribution is 2.19. The number of benzene rings is 2. The fourth-order valence-electron chi connectivity index (χ4n) is 2.14. The van der Waals surface area contributed by atoms with Crippen LogP contribution in [0.2, 0.25) is 0 Å². The minimum absolute atomic E-state index is 0.0540. The Kier molecular flexibility index (Phi) is 3.53. The van der Waals surface area contributed by atoms with E-state index in [1.54, 1.807) is 0 Å². The summed E-state index contributed by atoms with van der Waals surface area (Å²) in [5.74, 6) is 0.137. The van der Waals surface area contributed by atoms with Crippen LogP contribution < -0.4 is 11.5 Å². The van der Waals surface area contributed by atoms with Gasteiger partial charge in [0.15, 0.2) is 17.3 Å². The summed E-state index contributed by atoms with van der Waals surface area (Å²) in [4.78, 5) is 0. The van der Waals surface area contributed by atoms with Crippen LogP contribution in [0.25, 0.3) is 10.8 Å². The molecule has 7 nitrogen and oxygen atoms in total. The van der Waals surface area contributed by atoms with Gasteiger partial charge in [-0.3, -0.25) is 0 Å². The van der Waals surface area contributed by atoms with Crippen molar-refractivity contribution < 1.29 is 4.63 Å². The molecular weight excluding hydrogens is 280 g/mol. The number of rotatable bonds is 3. The molecular formula is C15H14N6O. The van der Waals surface area contributed by atoms with Crippen molar-refractivity contribution in [2.24, 2.45) is 15.9 Å². The van der Waals surface area contributed by atoms with Gasteiger partial charge in [-0.2, -0.15) is 5.10 Å². The highest BCUT2D eigenvalue weighted by atomic mass is 16.6. The number of anilines is 1. The van der Waals surface area contributed by atoms with Crippen LogP contribution >= 0.6 is 0 Å². The fourth-order valence-corrected chi connectivity index (χ4v) is 2.14. The molecule has 3 rings (SSSR count). The molecule has 0 aliphatic rings. The molecule has 0 spiro atoms. The number of nitrogens with two attached hydrogens (primary N) is 2. The number of amidine groups is 1. The van der Waals surface area contributed by atoms with E-state index in [4.69, 9.17) is 11.5 Å². The highest BCUT2D eigenvalue weighted by molar-refractivity contribution is 6.10. The second kappa shape index (κ2) is 5.65. The lowest BCUT2D eigenvalue weighted by atomic mass is 10.0. The van der Waals surface area contributed by atoms with Crippen LogP contribution in [-0.4, -0.2) is 21.9 Å². The Morgan fingerprint density at radius 1 is 1.05 bits per heavy atom. The molecule has 0 unspecified atom stereocenters. The molecule has 4 N–H and O–H groups in total. The summed E-state index contributed by atoms with van der Waals surface area (Å²) in [6, 6.07) is 14.1. The largest absolute Gasteiger partial charge is 0.380 e. The number of hydrogen-bond acceptors (Lipinski definition) is 6. The monoisotopic (exact) mass is 294 g/mol. The minimum atomic E-state index is 0.0540. The molecule has 110 valence electrons. The van der Waals surface area contributed by atoms with E-state index in [1.165, 1.54) is 0 Å². The van der Waals surface area contributed by atoms with Crippen molar-refractivity contribution in [1.82, 2.24) is 10.3 Å². The molecule has 0 radical (unpaired) electrons. The van der Waals surface area contributed by atoms with E-state index in [9.17, 15) is 0 Å². The summed E-state index contributed by atoms with van der Waals surface area (Å²) in [7, 11) is 0. The summed E-state index contributed by atoms with van der Waals surface area (Å²) >= 11 is 0. The molecule has 0 aliphatic heterocycles. The number of nitrogen functional groups attached to an aromatic ring is 1. The maximum Gasteiger partial charge on any atom is 0.199 e. The Hall–Kier alpha value is -3.22. The molecule has 0 bridgehead atoms. The molecule has 1 aromatic heterocycles. The summed E-state index contributed by atoms with van der Waals surface area (Å²) in [5, 5.41) is 17.4. The summed E-state index contributed by atoms with van der Waals surface area (Å²) in [6.45, 7) is 1.86. The van der Waals surface area contributed by atoms with Gasteiger partial charge < -0.3 is 11.5 Å². The van der Waals surface area contributed by atoms with Gasteiger partial charge in [0.1, 0.15) is 0 Å². The molecule has 0 fully saturated rings. The third-order valence-corrected chi connectivity index (χ3v) is 3.24. The topological polar surface area (TPSA) is 116 Å². The zero-order valence-electron chi connectivity index (χ0n) is 11.9. The minimum Gasteiger partial charge on any atom is -0.380 e. The van der Waals surface area contributed by atoms with Crippen molar-refractivity contribution in [3.8, 4) is 0 Å². The van der Waals surface area contributed by atoms with Crippen LogP contribution in [0.1, 0.15) is 18.2 Å². The van der Waals surface area contributed by atoms with Crippen molar-refractivity contribution in [2.45, 2.75) is 6.92 Å². The van der Waals surface area contributed by atoms with Crippen LogP contribution in [0.3, 0.4) is 0 Å². The van der Waals surface area contributed by atoms with Gasteiger partial charge >= 0.3 is 0 Å². The van der Waals surface area contributed by atoms with Crippen molar-refractivity contribution in [1.29, 1.82) is 0 Å². The van der Waals surface area contributed by atoms with Crippen LogP contribution in [0.4, 0.5) is 5.82 Å². The van der Waals surface area contributed by atoms with Gasteiger partial charge in [0.05, 0.1) is 5.71 Å². The van der Waals surface area contributed by atoms with Gasteiger partial charge in [0, 0.05) is 5.56 Å². The van der Waals surface area contributed by atoms with Crippen molar-refractivity contribution in [3.05, 3.63) is 53.7 Å². The number of hydrogen-bond donors (Lipinski definition) is 2. The van der Waals surface area contributed by atoms with Gasteiger partial charge in [0.2, 0.25) is 0 Å². The normalized spacial score (nSPS) is 12.8. The second-order valence-electron chi connectivity index (χ2n) is 4.70. The molecule has 0 amide bonds. The fraction of sp³-hybridized carbons (Fsp3) is 0.0667. The van der Waals surface area contributed by atoms with Crippen LogP contribution in [0.5, 0.6) is 0 Å². The first-order chi connectivity index (χ1) is 10.7. The Labute approximate surface area is 126 Å². The average molecular weight is 294 g/mol. The zero-order valence-corrected chi connectivity index (χ0v) is 11.9. The predicted octanol–water partition coefficient (Wildman–Crippen LogP) is 1.93. The average Bonchev–Trinajstić information content (AvgIpc) is 2.98. The van der Waals surface area contributed by atoms with Gasteiger partial charge in [0.25, 0.3) is 0 Å². The third kappa shape index (κ3) is 2.51.